The summed E-state index contributed by atoms with van der Waals surface area (Å²) in [5.74, 6) is -1.06. The number of halogens is 1. The van der Waals surface area contributed by atoms with Crippen LogP contribution in [0.2, 0.25) is 0 Å². The summed E-state index contributed by atoms with van der Waals surface area (Å²) < 4.78 is 0.903. The summed E-state index contributed by atoms with van der Waals surface area (Å²) in [7, 11) is 0. The van der Waals surface area contributed by atoms with Crippen LogP contribution in [0.15, 0.2) is 53.0 Å². The molecule has 1 unspecified atom stereocenters. The predicted octanol–water partition coefficient (Wildman–Crippen LogP) is 5.10. The Morgan fingerprint density at radius 3 is 2.49 bits per heavy atom. The summed E-state index contributed by atoms with van der Waals surface area (Å²) in [5, 5.41) is 17.7. The molecule has 0 radical (unpaired) electrons. The third-order valence-corrected chi connectivity index (χ3v) is 7.00. The summed E-state index contributed by atoms with van der Waals surface area (Å²) >= 11 is 3.38. The Labute approximate surface area is 227 Å². The van der Waals surface area contributed by atoms with E-state index < -0.39 is 18.0 Å². The second-order valence-corrected chi connectivity index (χ2v) is 10.7. The van der Waals surface area contributed by atoms with Crippen LogP contribution < -0.4 is 16.0 Å². The van der Waals surface area contributed by atoms with Gasteiger partial charge < -0.3 is 21.1 Å². The Morgan fingerprint density at radius 1 is 1.05 bits per heavy atom. The second-order valence-electron chi connectivity index (χ2n) is 9.75. The van der Waals surface area contributed by atoms with E-state index in [-0.39, 0.29) is 24.4 Å². The van der Waals surface area contributed by atoms with E-state index in [1.165, 1.54) is 11.1 Å². The number of nitrogens with zero attached hydrogens (tertiary/aromatic N) is 1. The van der Waals surface area contributed by atoms with Crippen LogP contribution in [0.5, 0.6) is 0 Å². The molecule has 3 rings (SSSR count). The lowest BCUT2D eigenvalue weighted by molar-refractivity contribution is -0.137. The molecule has 37 heavy (non-hydrogen) atoms. The Balaban J connectivity index is 1.73. The molecule has 2 aromatic rings. The van der Waals surface area contributed by atoms with Crippen molar-refractivity contribution in [1.82, 2.24) is 15.5 Å². The smallest absolute Gasteiger partial charge is 0.319 e. The number of rotatable bonds is 12. The first-order chi connectivity index (χ1) is 17.7. The molecule has 9 heteroatoms. The molecule has 3 amide bonds. The van der Waals surface area contributed by atoms with Crippen molar-refractivity contribution in [1.29, 1.82) is 0 Å². The van der Waals surface area contributed by atoms with Gasteiger partial charge >= 0.3 is 12.0 Å². The largest absolute Gasteiger partial charge is 0.481 e. The Kier molecular flexibility index (Phi) is 11.0. The quantitative estimate of drug-likeness (QED) is 0.283. The van der Waals surface area contributed by atoms with Gasteiger partial charge in [0.15, 0.2) is 0 Å². The maximum atomic E-state index is 13.0. The van der Waals surface area contributed by atoms with Crippen LogP contribution in [-0.2, 0) is 16.0 Å². The number of nitrogens with one attached hydrogen (secondary N) is 3. The molecule has 0 fully saturated rings. The summed E-state index contributed by atoms with van der Waals surface area (Å²) in [6, 6.07) is 14.5. The number of amides is 3. The molecule has 4 N–H and O–H groups in total. The van der Waals surface area contributed by atoms with Gasteiger partial charge in [-0.15, -0.1) is 0 Å². The number of hydrogen-bond donors (Lipinski definition) is 4. The topological polar surface area (TPSA) is 111 Å². The van der Waals surface area contributed by atoms with Crippen LogP contribution in [0, 0.1) is 0 Å². The van der Waals surface area contributed by atoms with Crippen molar-refractivity contribution >= 4 is 39.5 Å². The summed E-state index contributed by atoms with van der Waals surface area (Å²) in [4.78, 5) is 39.2. The fourth-order valence-corrected chi connectivity index (χ4v) is 5.04. The maximum absolute atomic E-state index is 13.0. The van der Waals surface area contributed by atoms with Gasteiger partial charge in [0.25, 0.3) is 0 Å². The summed E-state index contributed by atoms with van der Waals surface area (Å²) in [6.07, 6.45) is 4.09. The van der Waals surface area contributed by atoms with Gasteiger partial charge in [0.1, 0.15) is 6.04 Å². The molecule has 8 nitrogen and oxygen atoms in total. The van der Waals surface area contributed by atoms with Gasteiger partial charge in [0.2, 0.25) is 5.91 Å². The molecule has 1 aliphatic carbocycles. The number of carboxylic acids is 1. The number of hydrogen-bond acceptors (Lipinski definition) is 4. The SMILES string of the molecule is CC(C)NC(=O)[C@@H](CCN(CCCC(=O)O)C1CCCc2ccccc21)NC(=O)Nc1ccc(Br)cc1. The van der Waals surface area contributed by atoms with Crippen LogP contribution >= 0.6 is 15.9 Å². The number of fused-ring (bicyclic) bond motifs is 1. The van der Waals surface area contributed by atoms with E-state index in [1.54, 1.807) is 12.1 Å². The Hall–Kier alpha value is -2.91. The fourth-order valence-electron chi connectivity index (χ4n) is 4.77. The van der Waals surface area contributed by atoms with E-state index in [2.05, 4.69) is 55.0 Å². The predicted molar refractivity (Wildman–Crippen MR) is 149 cm³/mol. The van der Waals surface area contributed by atoms with Crippen molar-refractivity contribution in [3.8, 4) is 0 Å². The molecular weight excluding hydrogens is 536 g/mol. The fraction of sp³-hybridized carbons (Fsp3) is 0.464. The van der Waals surface area contributed by atoms with E-state index in [9.17, 15) is 19.5 Å². The lowest BCUT2D eigenvalue weighted by Crippen LogP contribution is -2.51. The van der Waals surface area contributed by atoms with Crippen molar-refractivity contribution in [3.05, 3.63) is 64.1 Å². The minimum atomic E-state index is -0.815. The number of carbonyl (C=O) groups excluding carboxylic acids is 2. The van der Waals surface area contributed by atoms with Gasteiger partial charge in [-0.05, 0) is 87.9 Å². The van der Waals surface area contributed by atoms with Crippen LogP contribution in [0.25, 0.3) is 0 Å². The third-order valence-electron chi connectivity index (χ3n) is 6.47. The number of carbonyl (C=O) groups is 3. The van der Waals surface area contributed by atoms with E-state index in [0.717, 1.165) is 23.7 Å². The van der Waals surface area contributed by atoms with Crippen LogP contribution in [0.3, 0.4) is 0 Å². The average Bonchev–Trinajstić information content (AvgIpc) is 2.85. The monoisotopic (exact) mass is 572 g/mol. The van der Waals surface area contributed by atoms with Crippen LogP contribution in [0.4, 0.5) is 10.5 Å². The molecule has 0 saturated heterocycles. The first-order valence-corrected chi connectivity index (χ1v) is 13.7. The minimum absolute atomic E-state index is 0.0665. The third kappa shape index (κ3) is 9.16. The normalized spacial score (nSPS) is 15.6. The molecule has 0 saturated carbocycles. The summed E-state index contributed by atoms with van der Waals surface area (Å²) in [5.41, 5.74) is 3.22. The molecule has 2 atom stereocenters. The van der Waals surface area contributed by atoms with Crippen molar-refractivity contribution in [2.45, 2.75) is 70.5 Å². The number of benzene rings is 2. The second kappa shape index (κ2) is 14.1. The number of anilines is 1. The first kappa shape index (κ1) is 28.7. The zero-order valence-electron chi connectivity index (χ0n) is 21.5. The highest BCUT2D eigenvalue weighted by Crippen LogP contribution is 2.34. The van der Waals surface area contributed by atoms with Crippen LogP contribution in [0.1, 0.15) is 63.1 Å². The molecule has 0 spiro atoms. The molecule has 2 aromatic carbocycles. The van der Waals surface area contributed by atoms with Crippen molar-refractivity contribution < 1.29 is 19.5 Å². The molecule has 1 aliphatic rings. The van der Waals surface area contributed by atoms with E-state index in [1.807, 2.05) is 32.0 Å². The van der Waals surface area contributed by atoms with E-state index in [0.29, 0.717) is 31.6 Å². The number of aliphatic carboxylic acids is 1. The van der Waals surface area contributed by atoms with Crippen LogP contribution in [-0.4, -0.2) is 53.1 Å². The zero-order valence-corrected chi connectivity index (χ0v) is 23.1. The highest BCUT2D eigenvalue weighted by molar-refractivity contribution is 9.10. The highest BCUT2D eigenvalue weighted by atomic mass is 79.9. The number of aryl methyl sites for hydroxylation is 1. The van der Waals surface area contributed by atoms with Crippen molar-refractivity contribution in [2.24, 2.45) is 0 Å². The minimum Gasteiger partial charge on any atom is -0.481 e. The van der Waals surface area contributed by atoms with Gasteiger partial charge in [-0.25, -0.2) is 4.79 Å². The van der Waals surface area contributed by atoms with E-state index >= 15 is 0 Å². The van der Waals surface area contributed by atoms with Gasteiger partial charge in [-0.3, -0.25) is 14.5 Å². The number of carboxylic acid groups (broad SMARTS) is 1. The lowest BCUT2D eigenvalue weighted by Gasteiger charge is -2.36. The molecule has 0 aromatic heterocycles. The Bertz CT molecular complexity index is 1060. The molecular formula is C28H37BrN4O4. The van der Waals surface area contributed by atoms with Crippen molar-refractivity contribution in [2.75, 3.05) is 18.4 Å². The number of urea groups is 1. The summed E-state index contributed by atoms with van der Waals surface area (Å²) in [6.45, 7) is 4.92. The first-order valence-electron chi connectivity index (χ1n) is 12.9. The van der Waals surface area contributed by atoms with Crippen molar-refractivity contribution in [3.63, 3.8) is 0 Å². The average molecular weight is 574 g/mol. The lowest BCUT2D eigenvalue weighted by atomic mass is 9.86. The van der Waals surface area contributed by atoms with Gasteiger partial charge in [-0.1, -0.05) is 40.2 Å². The molecule has 0 heterocycles. The zero-order chi connectivity index (χ0) is 26.8. The van der Waals surface area contributed by atoms with Gasteiger partial charge in [0, 0.05) is 35.2 Å². The highest BCUT2D eigenvalue weighted by Gasteiger charge is 2.28. The molecule has 0 bridgehead atoms. The van der Waals surface area contributed by atoms with E-state index in [4.69, 9.17) is 0 Å². The maximum Gasteiger partial charge on any atom is 0.319 e. The molecule has 200 valence electrons. The van der Waals surface area contributed by atoms with Gasteiger partial charge in [-0.2, -0.15) is 0 Å². The molecule has 0 aliphatic heterocycles. The Morgan fingerprint density at radius 2 is 1.78 bits per heavy atom. The standard InChI is InChI=1S/C28H37BrN4O4/c1-19(2)30-27(36)24(32-28(37)31-22-14-12-21(29)13-15-22)16-18-33(17-6-11-26(34)35)25-10-5-8-20-7-3-4-9-23(20)25/h3-4,7,9,12-15,19,24-25H,5-6,8,10-11,16-18H2,1-2H3,(H,30,36)(H,34,35)(H2,31,32,37)/t24-,25?/m1/s1. The van der Waals surface area contributed by atoms with Gasteiger partial charge in [0.05, 0.1) is 0 Å².